The second-order valence-electron chi connectivity index (χ2n) is 2.99. The Hall–Kier alpha value is -0.370. The Balaban J connectivity index is 2.52. The zero-order valence-electron chi connectivity index (χ0n) is 6.44. The van der Waals surface area contributed by atoms with Gasteiger partial charge in [0.2, 0.25) is 6.29 Å². The van der Waals surface area contributed by atoms with E-state index in [0.717, 1.165) is 25.7 Å². The molecule has 1 saturated carbocycles. The lowest BCUT2D eigenvalue weighted by Gasteiger charge is -2.30. The molecule has 1 aliphatic rings. The van der Waals surface area contributed by atoms with E-state index in [9.17, 15) is 4.79 Å². The van der Waals surface area contributed by atoms with Crippen molar-refractivity contribution in [1.29, 1.82) is 0 Å². The first-order chi connectivity index (χ1) is 4.83. The Bertz CT molecular complexity index is 116. The van der Waals surface area contributed by atoms with E-state index in [1.54, 1.807) is 0 Å². The van der Waals surface area contributed by atoms with Crippen LogP contribution in [0.5, 0.6) is 0 Å². The monoisotopic (exact) mass is 140 g/mol. The van der Waals surface area contributed by atoms with Crippen molar-refractivity contribution in [3.8, 4) is 0 Å². The second-order valence-corrected chi connectivity index (χ2v) is 2.99. The summed E-state index contributed by atoms with van der Waals surface area (Å²) in [6.07, 6.45) is 7.63. The fraction of sp³-hybridized carbons (Fsp3) is 0.875. The van der Waals surface area contributed by atoms with Crippen LogP contribution >= 0.6 is 0 Å². The Morgan fingerprint density at radius 2 is 1.90 bits per heavy atom. The SMILES string of the molecule is CNC1([C]=O)CCCCC1. The van der Waals surface area contributed by atoms with Crippen LogP contribution in [-0.4, -0.2) is 18.9 Å². The molecule has 0 aromatic rings. The van der Waals surface area contributed by atoms with Crippen LogP contribution in [0.15, 0.2) is 0 Å². The summed E-state index contributed by atoms with van der Waals surface area (Å²) in [6.45, 7) is 0. The quantitative estimate of drug-likeness (QED) is 0.620. The molecule has 1 N–H and O–H groups in total. The van der Waals surface area contributed by atoms with Gasteiger partial charge in [-0.25, -0.2) is 0 Å². The summed E-state index contributed by atoms with van der Waals surface area (Å²) in [6, 6.07) is 0. The maximum atomic E-state index is 10.5. The molecule has 0 aliphatic heterocycles. The van der Waals surface area contributed by atoms with Crippen LogP contribution in [0.1, 0.15) is 32.1 Å². The van der Waals surface area contributed by atoms with E-state index in [4.69, 9.17) is 0 Å². The van der Waals surface area contributed by atoms with Crippen LogP contribution in [-0.2, 0) is 4.79 Å². The van der Waals surface area contributed by atoms with Crippen molar-refractivity contribution in [2.75, 3.05) is 7.05 Å². The molecule has 2 nitrogen and oxygen atoms in total. The van der Waals surface area contributed by atoms with Gasteiger partial charge in [-0.05, 0) is 19.9 Å². The number of hydrogen-bond acceptors (Lipinski definition) is 2. The maximum absolute atomic E-state index is 10.5. The Morgan fingerprint density at radius 3 is 2.20 bits per heavy atom. The first-order valence-electron chi connectivity index (χ1n) is 3.91. The van der Waals surface area contributed by atoms with Gasteiger partial charge < -0.3 is 5.32 Å². The maximum Gasteiger partial charge on any atom is 0.220 e. The molecule has 0 saturated heterocycles. The smallest absolute Gasteiger partial charge is 0.220 e. The molecule has 0 spiro atoms. The zero-order valence-corrected chi connectivity index (χ0v) is 6.44. The van der Waals surface area contributed by atoms with Crippen molar-refractivity contribution < 1.29 is 4.79 Å². The molecule has 0 atom stereocenters. The summed E-state index contributed by atoms with van der Waals surface area (Å²) < 4.78 is 0. The fourth-order valence-corrected chi connectivity index (χ4v) is 1.56. The molecule has 2 heteroatoms. The van der Waals surface area contributed by atoms with E-state index in [0.29, 0.717) is 0 Å². The minimum Gasteiger partial charge on any atom is -0.308 e. The molecular formula is C8H14NO. The van der Waals surface area contributed by atoms with Gasteiger partial charge in [0.1, 0.15) is 0 Å². The van der Waals surface area contributed by atoms with Crippen LogP contribution in [0.3, 0.4) is 0 Å². The van der Waals surface area contributed by atoms with E-state index in [1.807, 2.05) is 7.05 Å². The van der Waals surface area contributed by atoms with E-state index >= 15 is 0 Å². The Kier molecular flexibility index (Phi) is 2.44. The average Bonchev–Trinajstić information content (AvgIpc) is 2.06. The van der Waals surface area contributed by atoms with Gasteiger partial charge in [-0.15, -0.1) is 0 Å². The topological polar surface area (TPSA) is 29.1 Å². The molecule has 0 unspecified atom stereocenters. The molecule has 0 amide bonds. The molecule has 57 valence electrons. The third-order valence-corrected chi connectivity index (χ3v) is 2.38. The lowest BCUT2D eigenvalue weighted by atomic mass is 9.83. The summed E-state index contributed by atoms with van der Waals surface area (Å²) in [5.74, 6) is 0. The number of hydrogen-bond donors (Lipinski definition) is 1. The Morgan fingerprint density at radius 1 is 1.30 bits per heavy atom. The minimum absolute atomic E-state index is 0.293. The summed E-state index contributed by atoms with van der Waals surface area (Å²) in [4.78, 5) is 10.5. The van der Waals surface area contributed by atoms with Gasteiger partial charge in [0.15, 0.2) is 0 Å². The number of carbonyl (C=O) groups excluding carboxylic acids is 1. The van der Waals surface area contributed by atoms with Crippen molar-refractivity contribution in [3.63, 3.8) is 0 Å². The minimum atomic E-state index is -0.293. The lowest BCUT2D eigenvalue weighted by molar-refractivity contribution is 0.316. The highest BCUT2D eigenvalue weighted by molar-refractivity contribution is 5.65. The molecule has 0 bridgehead atoms. The van der Waals surface area contributed by atoms with Gasteiger partial charge >= 0.3 is 0 Å². The van der Waals surface area contributed by atoms with Crippen molar-refractivity contribution >= 4 is 6.29 Å². The largest absolute Gasteiger partial charge is 0.308 e. The molecule has 1 aliphatic carbocycles. The first-order valence-corrected chi connectivity index (χ1v) is 3.91. The van der Waals surface area contributed by atoms with Crippen molar-refractivity contribution in [2.24, 2.45) is 0 Å². The molecule has 1 fully saturated rings. The van der Waals surface area contributed by atoms with Gasteiger partial charge in [0, 0.05) is 0 Å². The van der Waals surface area contributed by atoms with Crippen molar-refractivity contribution in [3.05, 3.63) is 0 Å². The number of rotatable bonds is 2. The molecule has 0 aromatic heterocycles. The standard InChI is InChI=1S/C8H14NO/c1-9-8(7-10)5-3-2-4-6-8/h9H,2-6H2,1H3. The molecular weight excluding hydrogens is 126 g/mol. The Labute approximate surface area is 62.0 Å². The van der Waals surface area contributed by atoms with E-state index in [-0.39, 0.29) is 5.54 Å². The highest BCUT2D eigenvalue weighted by atomic mass is 16.1. The van der Waals surface area contributed by atoms with E-state index in [1.165, 1.54) is 6.42 Å². The molecule has 0 heterocycles. The van der Waals surface area contributed by atoms with E-state index < -0.39 is 0 Å². The third kappa shape index (κ3) is 1.37. The van der Waals surface area contributed by atoms with Crippen LogP contribution in [0, 0.1) is 0 Å². The van der Waals surface area contributed by atoms with Crippen LogP contribution in [0.25, 0.3) is 0 Å². The molecule has 10 heavy (non-hydrogen) atoms. The number of likely N-dealkylation sites (N-methyl/N-ethyl adjacent to an activating group) is 1. The summed E-state index contributed by atoms with van der Waals surface area (Å²) in [7, 11) is 1.84. The third-order valence-electron chi connectivity index (χ3n) is 2.38. The second kappa shape index (κ2) is 3.15. The predicted molar refractivity (Wildman–Crippen MR) is 40.6 cm³/mol. The summed E-state index contributed by atoms with van der Waals surface area (Å²) in [5, 5.41) is 3.04. The van der Waals surface area contributed by atoms with Crippen molar-refractivity contribution in [1.82, 2.24) is 5.32 Å². The predicted octanol–water partition coefficient (Wildman–Crippen LogP) is 1.02. The fourth-order valence-electron chi connectivity index (χ4n) is 1.56. The summed E-state index contributed by atoms with van der Waals surface area (Å²) >= 11 is 0. The normalized spacial score (nSPS) is 24.1. The van der Waals surface area contributed by atoms with E-state index in [2.05, 4.69) is 11.6 Å². The van der Waals surface area contributed by atoms with Gasteiger partial charge in [-0.1, -0.05) is 19.3 Å². The highest BCUT2D eigenvalue weighted by Gasteiger charge is 2.30. The van der Waals surface area contributed by atoms with Crippen LogP contribution in [0.4, 0.5) is 0 Å². The molecule has 1 rings (SSSR count). The average molecular weight is 140 g/mol. The summed E-state index contributed by atoms with van der Waals surface area (Å²) in [5.41, 5.74) is -0.293. The first kappa shape index (κ1) is 7.73. The molecule has 1 radical (unpaired) electrons. The highest BCUT2D eigenvalue weighted by Crippen LogP contribution is 2.25. The van der Waals surface area contributed by atoms with Gasteiger partial charge in [-0.2, -0.15) is 0 Å². The lowest BCUT2D eigenvalue weighted by Crippen LogP contribution is -2.45. The van der Waals surface area contributed by atoms with Crippen LogP contribution < -0.4 is 5.32 Å². The van der Waals surface area contributed by atoms with Crippen molar-refractivity contribution in [2.45, 2.75) is 37.6 Å². The van der Waals surface area contributed by atoms with Gasteiger partial charge in [-0.3, -0.25) is 4.79 Å². The van der Waals surface area contributed by atoms with Gasteiger partial charge in [0.05, 0.1) is 5.54 Å². The van der Waals surface area contributed by atoms with Gasteiger partial charge in [0.25, 0.3) is 0 Å². The number of nitrogens with one attached hydrogen (secondary N) is 1. The van der Waals surface area contributed by atoms with Crippen LogP contribution in [0.2, 0.25) is 0 Å². The zero-order chi connectivity index (χ0) is 7.45. The molecule has 0 aromatic carbocycles.